The molecule has 29 heavy (non-hydrogen) atoms. The smallest absolute Gasteiger partial charge is 0.254 e. The van der Waals surface area contributed by atoms with Gasteiger partial charge in [0.2, 0.25) is 0 Å². The van der Waals surface area contributed by atoms with Crippen LogP contribution in [0.3, 0.4) is 0 Å². The maximum atomic E-state index is 13.5. The van der Waals surface area contributed by atoms with Gasteiger partial charge in [-0.3, -0.25) is 4.79 Å². The molecule has 0 radical (unpaired) electrons. The Balaban J connectivity index is 1.62. The minimum absolute atomic E-state index is 0.0466. The van der Waals surface area contributed by atoms with E-state index < -0.39 is 0 Å². The van der Waals surface area contributed by atoms with E-state index in [1.54, 1.807) is 22.5 Å². The van der Waals surface area contributed by atoms with Crippen LogP contribution in [0, 0.1) is 0 Å². The van der Waals surface area contributed by atoms with Gasteiger partial charge in [0.1, 0.15) is 5.76 Å². The number of benzene rings is 1. The number of para-hydroxylation sites is 1. The van der Waals surface area contributed by atoms with Crippen LogP contribution < -0.4 is 0 Å². The van der Waals surface area contributed by atoms with Gasteiger partial charge in [-0.15, -0.1) is 0 Å². The number of rotatable bonds is 4. The highest BCUT2D eigenvalue weighted by Gasteiger charge is 2.28. The van der Waals surface area contributed by atoms with Crippen molar-refractivity contribution in [1.29, 1.82) is 0 Å². The average molecular weight is 401 g/mol. The first-order chi connectivity index (χ1) is 14.2. The molecule has 0 atom stereocenters. The lowest BCUT2D eigenvalue weighted by Crippen LogP contribution is -2.27. The largest absolute Gasteiger partial charge is 0.465 e. The van der Waals surface area contributed by atoms with Gasteiger partial charge >= 0.3 is 0 Å². The predicted octanol–water partition coefficient (Wildman–Crippen LogP) is 5.65. The van der Waals surface area contributed by atoms with E-state index in [4.69, 9.17) is 9.40 Å². The molecule has 0 unspecified atom stereocenters. The summed E-state index contributed by atoms with van der Waals surface area (Å²) in [6.07, 6.45) is 5.38. The van der Waals surface area contributed by atoms with E-state index in [0.29, 0.717) is 6.54 Å². The number of pyridine rings is 1. The van der Waals surface area contributed by atoms with Gasteiger partial charge < -0.3 is 9.32 Å². The number of furan rings is 1. The van der Waals surface area contributed by atoms with Crippen LogP contribution in [-0.2, 0) is 13.0 Å². The molecule has 0 fully saturated rings. The third-order valence-electron chi connectivity index (χ3n) is 5.36. The quantitative estimate of drug-likeness (QED) is 0.445. The van der Waals surface area contributed by atoms with Crippen molar-refractivity contribution in [2.24, 2.45) is 0 Å². The minimum Gasteiger partial charge on any atom is -0.465 e. The summed E-state index contributed by atoms with van der Waals surface area (Å²) in [5.74, 6) is 0.857. The third kappa shape index (κ3) is 3.28. The Morgan fingerprint density at radius 1 is 1.21 bits per heavy atom. The topological polar surface area (TPSA) is 46.3 Å². The van der Waals surface area contributed by atoms with Gasteiger partial charge in [0.15, 0.2) is 0 Å². The molecule has 1 aromatic carbocycles. The van der Waals surface area contributed by atoms with E-state index in [1.165, 1.54) is 0 Å². The molecule has 3 heterocycles. The first-order valence-electron chi connectivity index (χ1n) is 9.63. The van der Waals surface area contributed by atoms with Crippen LogP contribution in [0.4, 0.5) is 0 Å². The lowest BCUT2D eigenvalue weighted by Gasteiger charge is -2.20. The maximum absolute atomic E-state index is 13.5. The molecular formula is C24H20N2O2S. The summed E-state index contributed by atoms with van der Waals surface area (Å²) in [6.45, 7) is 0.600. The first kappa shape index (κ1) is 17.9. The van der Waals surface area contributed by atoms with Gasteiger partial charge in [0.25, 0.3) is 5.91 Å². The lowest BCUT2D eigenvalue weighted by molar-refractivity contribution is 0.0786. The maximum Gasteiger partial charge on any atom is 0.254 e. The van der Waals surface area contributed by atoms with Crippen molar-refractivity contribution in [3.63, 3.8) is 0 Å². The molecular weight excluding hydrogens is 380 g/mol. The Bertz CT molecular complexity index is 1210. The number of amides is 1. The standard InChI is InChI=1S/C24H20N2O2S/c1-26(14-16-10-12-29-15-16)24(27)22-19-6-2-3-7-21(19)25-23-17(8-9-20(22)23)13-18-5-4-11-28-18/h2-7,10-13,15H,8-9,14H2,1H3. The van der Waals surface area contributed by atoms with Crippen molar-refractivity contribution in [2.45, 2.75) is 19.4 Å². The molecule has 0 bridgehead atoms. The van der Waals surface area contributed by atoms with Crippen LogP contribution in [0.25, 0.3) is 22.6 Å². The van der Waals surface area contributed by atoms with E-state index in [1.807, 2.05) is 54.9 Å². The van der Waals surface area contributed by atoms with Crippen LogP contribution in [0.2, 0.25) is 0 Å². The fraction of sp³-hybridized carbons (Fsp3) is 0.167. The van der Waals surface area contributed by atoms with Crippen molar-refractivity contribution in [2.75, 3.05) is 7.05 Å². The minimum atomic E-state index is 0.0466. The number of thiophene rings is 1. The normalized spacial score (nSPS) is 14.4. The third-order valence-corrected chi connectivity index (χ3v) is 6.09. The average Bonchev–Trinajstić information content (AvgIpc) is 3.49. The van der Waals surface area contributed by atoms with Crippen molar-refractivity contribution in [1.82, 2.24) is 9.88 Å². The van der Waals surface area contributed by atoms with Gasteiger partial charge in [-0.05, 0) is 70.6 Å². The number of hydrogen-bond acceptors (Lipinski definition) is 4. The molecule has 1 amide bonds. The summed E-state index contributed by atoms with van der Waals surface area (Å²) in [5.41, 5.74) is 5.88. The second-order valence-electron chi connectivity index (χ2n) is 7.31. The second kappa shape index (κ2) is 7.33. The second-order valence-corrected chi connectivity index (χ2v) is 8.09. The molecule has 0 saturated heterocycles. The number of carbonyl (C=O) groups excluding carboxylic acids is 1. The van der Waals surface area contributed by atoms with Gasteiger partial charge in [-0.1, -0.05) is 18.2 Å². The first-order valence-corrected chi connectivity index (χ1v) is 10.6. The fourth-order valence-corrected chi connectivity index (χ4v) is 4.65. The Morgan fingerprint density at radius 2 is 2.10 bits per heavy atom. The van der Waals surface area contributed by atoms with Crippen LogP contribution >= 0.6 is 11.3 Å². The monoisotopic (exact) mass is 400 g/mol. The SMILES string of the molecule is CN(Cc1ccsc1)C(=O)c1c2c(nc3ccccc13)C(=Cc1ccco1)CC2. The van der Waals surface area contributed by atoms with E-state index in [2.05, 4.69) is 11.4 Å². The predicted molar refractivity (Wildman–Crippen MR) is 117 cm³/mol. The van der Waals surface area contributed by atoms with Crippen molar-refractivity contribution in [3.05, 3.63) is 87.6 Å². The number of carbonyl (C=O) groups is 1. The van der Waals surface area contributed by atoms with E-state index in [-0.39, 0.29) is 5.91 Å². The Morgan fingerprint density at radius 3 is 2.90 bits per heavy atom. The molecule has 144 valence electrons. The molecule has 4 nitrogen and oxygen atoms in total. The highest BCUT2D eigenvalue weighted by Crippen LogP contribution is 2.38. The fourth-order valence-electron chi connectivity index (χ4n) is 3.99. The Kier molecular flexibility index (Phi) is 4.52. The Hall–Kier alpha value is -3.18. The highest BCUT2D eigenvalue weighted by atomic mass is 32.1. The van der Waals surface area contributed by atoms with Gasteiger partial charge in [0, 0.05) is 19.0 Å². The van der Waals surface area contributed by atoms with E-state index >= 15 is 0 Å². The molecule has 1 aliphatic rings. The summed E-state index contributed by atoms with van der Waals surface area (Å²) < 4.78 is 5.49. The number of aromatic nitrogens is 1. The molecule has 3 aromatic heterocycles. The van der Waals surface area contributed by atoms with Crippen LogP contribution in [0.5, 0.6) is 0 Å². The van der Waals surface area contributed by atoms with Gasteiger partial charge in [-0.25, -0.2) is 4.98 Å². The van der Waals surface area contributed by atoms with Crippen molar-refractivity contribution < 1.29 is 9.21 Å². The molecule has 0 aliphatic heterocycles. The zero-order valence-corrected chi connectivity index (χ0v) is 16.9. The molecule has 0 saturated carbocycles. The number of fused-ring (bicyclic) bond motifs is 2. The molecule has 0 spiro atoms. The lowest BCUT2D eigenvalue weighted by atomic mass is 9.99. The van der Waals surface area contributed by atoms with E-state index in [9.17, 15) is 4.79 Å². The summed E-state index contributed by atoms with van der Waals surface area (Å²) in [5, 5.41) is 5.05. The summed E-state index contributed by atoms with van der Waals surface area (Å²) >= 11 is 1.65. The molecule has 0 N–H and O–H groups in total. The summed E-state index contributed by atoms with van der Waals surface area (Å²) in [6, 6.07) is 13.8. The van der Waals surface area contributed by atoms with Crippen LogP contribution in [0.15, 0.2) is 63.9 Å². The summed E-state index contributed by atoms with van der Waals surface area (Å²) in [4.78, 5) is 20.3. The van der Waals surface area contributed by atoms with Crippen molar-refractivity contribution in [3.8, 4) is 0 Å². The van der Waals surface area contributed by atoms with Crippen LogP contribution in [-0.4, -0.2) is 22.8 Å². The molecule has 5 rings (SSSR count). The molecule has 5 heteroatoms. The van der Waals surface area contributed by atoms with E-state index in [0.717, 1.165) is 57.5 Å². The van der Waals surface area contributed by atoms with Gasteiger partial charge in [0.05, 0.1) is 23.0 Å². The summed E-state index contributed by atoms with van der Waals surface area (Å²) in [7, 11) is 1.87. The Labute approximate surface area is 173 Å². The highest BCUT2D eigenvalue weighted by molar-refractivity contribution is 7.07. The number of allylic oxidation sites excluding steroid dienone is 1. The number of hydrogen-bond donors (Lipinski definition) is 0. The van der Waals surface area contributed by atoms with Gasteiger partial charge in [-0.2, -0.15) is 11.3 Å². The molecule has 1 aliphatic carbocycles. The van der Waals surface area contributed by atoms with Crippen LogP contribution in [0.1, 0.15) is 39.4 Å². The van der Waals surface area contributed by atoms with Crippen molar-refractivity contribution >= 4 is 39.8 Å². The number of nitrogens with zero attached hydrogens (tertiary/aromatic N) is 2. The molecule has 4 aromatic rings. The zero-order chi connectivity index (χ0) is 19.8. The zero-order valence-electron chi connectivity index (χ0n) is 16.1.